The molecule has 2 saturated heterocycles. The van der Waals surface area contributed by atoms with Crippen molar-refractivity contribution in [1.29, 1.82) is 0 Å². The van der Waals surface area contributed by atoms with E-state index in [9.17, 15) is 19.8 Å². The fourth-order valence-electron chi connectivity index (χ4n) is 14.1. The van der Waals surface area contributed by atoms with Gasteiger partial charge in [-0.1, -0.05) is 53.0 Å². The van der Waals surface area contributed by atoms with Crippen molar-refractivity contribution in [3.63, 3.8) is 0 Å². The van der Waals surface area contributed by atoms with E-state index in [0.717, 1.165) is 182 Å². The molecular weight excluding hydrogens is 1060 g/mol. The van der Waals surface area contributed by atoms with E-state index in [4.69, 9.17) is 34.7 Å². The molecule has 16 bridgehead atoms. The lowest BCUT2D eigenvalue weighted by atomic mass is 9.86. The molecule has 0 aromatic carbocycles. The molecule has 0 saturated carbocycles. The predicted molar refractivity (Wildman–Crippen MR) is 340 cm³/mol. The lowest BCUT2D eigenvalue weighted by molar-refractivity contribution is -0.122. The molecule has 0 aromatic heterocycles. The van der Waals surface area contributed by atoms with Gasteiger partial charge in [0.2, 0.25) is 11.8 Å². The molecule has 0 spiro atoms. The Morgan fingerprint density at radius 1 is 0.565 bits per heavy atom. The van der Waals surface area contributed by atoms with Gasteiger partial charge in [-0.05, 0) is 148 Å². The van der Waals surface area contributed by atoms with Gasteiger partial charge in [0.05, 0.1) is 81.7 Å². The maximum absolute atomic E-state index is 13.6. The number of aliphatic hydroxyl groups is 2. The molecule has 2 fully saturated rings. The van der Waals surface area contributed by atoms with Crippen molar-refractivity contribution in [1.82, 2.24) is 21.3 Å². The minimum absolute atomic E-state index is 0.00389. The Morgan fingerprint density at radius 2 is 0.953 bits per heavy atom. The summed E-state index contributed by atoms with van der Waals surface area (Å²) in [6.07, 6.45) is 20.2. The molecule has 15 nitrogen and oxygen atoms in total. The summed E-state index contributed by atoms with van der Waals surface area (Å²) in [5, 5.41) is 36.8. The fraction of sp³-hybridized carbons (Fsp3) is 0.371. The molecule has 12 aliphatic rings. The highest BCUT2D eigenvalue weighted by Gasteiger charge is 2.44. The molecular formula is C70H76N10O5. The second-order valence-corrected chi connectivity index (χ2v) is 23.9. The minimum atomic E-state index is -0.0832. The minimum Gasteiger partial charge on any atom is -0.511 e. The van der Waals surface area contributed by atoms with Gasteiger partial charge in [-0.15, -0.1) is 0 Å². The molecule has 10 heterocycles. The second kappa shape index (κ2) is 22.5. The average Bonchev–Trinajstić information content (AvgIpc) is 1.71. The van der Waals surface area contributed by atoms with Crippen molar-refractivity contribution in [2.75, 3.05) is 26.3 Å². The molecule has 0 radical (unpaired) electrons. The topological polar surface area (TPSA) is 206 Å². The highest BCUT2D eigenvalue weighted by molar-refractivity contribution is 6.23. The van der Waals surface area contributed by atoms with Crippen LogP contribution in [-0.4, -0.2) is 82.6 Å². The van der Waals surface area contributed by atoms with E-state index < -0.39 is 0 Å². The summed E-state index contributed by atoms with van der Waals surface area (Å²) in [6, 6.07) is 0. The SMILES string of the molecule is C=CC1=C(C)C2=NC1=CC1=NC(=CC3=C(C)C4=C(O)CC(=C5NC(=C2)[C@@H](C)[C@@H]5CCC(=O)NCCOCCNC(=O)CC[C@@H]2C5=C6CC(O)=C7C6=NC(=C7C)C=C6N=C(C=C7N=C(C=C(N5)[C@H]2C)C(C)=C7C=C)C(C)=C6CC)C4=N3)C(CC)=C1C. The average molecular weight is 1140 g/mol. The lowest BCUT2D eigenvalue weighted by Gasteiger charge is -2.18. The fourth-order valence-corrected chi connectivity index (χ4v) is 14.1. The Labute approximate surface area is 498 Å². The summed E-state index contributed by atoms with van der Waals surface area (Å²) in [5.41, 5.74) is 27.6. The van der Waals surface area contributed by atoms with E-state index in [0.29, 0.717) is 50.3 Å². The molecule has 12 rings (SSSR count). The molecule has 15 heteroatoms. The van der Waals surface area contributed by atoms with Crippen molar-refractivity contribution in [2.24, 2.45) is 53.6 Å². The number of carbonyl (C=O) groups is 2. The van der Waals surface area contributed by atoms with E-state index >= 15 is 0 Å². The molecule has 0 unspecified atom stereocenters. The Kier molecular flexibility index (Phi) is 15.0. The third-order valence-electron chi connectivity index (χ3n) is 19.1. The van der Waals surface area contributed by atoms with Crippen molar-refractivity contribution < 1.29 is 24.5 Å². The number of allylic oxidation sites excluding steroid dienone is 24. The smallest absolute Gasteiger partial charge is 0.220 e. The molecule has 0 aromatic rings. The van der Waals surface area contributed by atoms with Crippen LogP contribution in [0.25, 0.3) is 0 Å². The normalized spacial score (nSPS) is 24.7. The van der Waals surface area contributed by atoms with Crippen molar-refractivity contribution in [2.45, 2.75) is 121 Å². The number of nitrogens with one attached hydrogen (secondary N) is 4. The van der Waals surface area contributed by atoms with Gasteiger partial charge in [0.15, 0.2) is 0 Å². The Hall–Kier alpha value is -8.56. The Morgan fingerprint density at radius 3 is 1.34 bits per heavy atom. The van der Waals surface area contributed by atoms with Gasteiger partial charge in [-0.25, -0.2) is 30.0 Å². The number of ether oxygens (including phenoxy) is 1. The summed E-state index contributed by atoms with van der Waals surface area (Å²) in [4.78, 5) is 58.1. The maximum Gasteiger partial charge on any atom is 0.220 e. The largest absolute Gasteiger partial charge is 0.511 e. The molecule has 2 aliphatic carbocycles. The number of rotatable bonds is 16. The van der Waals surface area contributed by atoms with E-state index in [1.165, 1.54) is 0 Å². The summed E-state index contributed by atoms with van der Waals surface area (Å²) in [7, 11) is 0. The van der Waals surface area contributed by atoms with Crippen LogP contribution < -0.4 is 21.3 Å². The number of hydrogen-bond donors (Lipinski definition) is 6. The highest BCUT2D eigenvalue weighted by Crippen LogP contribution is 2.49. The Balaban J connectivity index is 0.680. The van der Waals surface area contributed by atoms with Crippen LogP contribution in [0.1, 0.15) is 121 Å². The lowest BCUT2D eigenvalue weighted by Crippen LogP contribution is -2.30. The van der Waals surface area contributed by atoms with E-state index in [-0.39, 0.29) is 61.5 Å². The number of nitrogens with zero attached hydrogens (tertiary/aromatic N) is 6. The van der Waals surface area contributed by atoms with Gasteiger partial charge in [0.25, 0.3) is 0 Å². The maximum atomic E-state index is 13.6. The molecule has 85 heavy (non-hydrogen) atoms. The predicted octanol–water partition coefficient (Wildman–Crippen LogP) is 12.5. The highest BCUT2D eigenvalue weighted by atomic mass is 16.5. The van der Waals surface area contributed by atoms with Gasteiger partial charge >= 0.3 is 0 Å². The third-order valence-corrected chi connectivity index (χ3v) is 19.1. The number of aliphatic imine (C=N–C) groups is 6. The Bertz CT molecular complexity index is 3690. The summed E-state index contributed by atoms with van der Waals surface area (Å²) < 4.78 is 5.92. The number of hydrogen-bond acceptors (Lipinski definition) is 13. The zero-order valence-corrected chi connectivity index (χ0v) is 50.6. The molecule has 2 amide bonds. The first-order valence-corrected chi connectivity index (χ1v) is 30.2. The van der Waals surface area contributed by atoms with E-state index in [1.807, 2.05) is 38.2 Å². The van der Waals surface area contributed by atoms with Crippen LogP contribution >= 0.6 is 0 Å². The van der Waals surface area contributed by atoms with Crippen molar-refractivity contribution >= 4 is 46.1 Å². The first-order valence-electron chi connectivity index (χ1n) is 30.2. The third kappa shape index (κ3) is 9.83. The van der Waals surface area contributed by atoms with Crippen LogP contribution in [0.5, 0.6) is 0 Å². The quantitative estimate of drug-likeness (QED) is 0.0824. The van der Waals surface area contributed by atoms with Crippen LogP contribution in [0.4, 0.5) is 0 Å². The van der Waals surface area contributed by atoms with Crippen molar-refractivity contribution in [3.05, 3.63) is 208 Å². The first-order chi connectivity index (χ1) is 40.9. The first kappa shape index (κ1) is 56.9. The molecule has 4 atom stereocenters. The van der Waals surface area contributed by atoms with Gasteiger partial charge in [-0.2, -0.15) is 0 Å². The van der Waals surface area contributed by atoms with Crippen LogP contribution in [0, 0.1) is 23.7 Å². The van der Waals surface area contributed by atoms with E-state index in [1.54, 1.807) is 0 Å². The monoisotopic (exact) mass is 1140 g/mol. The van der Waals surface area contributed by atoms with Gasteiger partial charge in [-0.3, -0.25) is 9.59 Å². The van der Waals surface area contributed by atoms with Crippen LogP contribution in [-0.2, 0) is 14.3 Å². The van der Waals surface area contributed by atoms with Gasteiger partial charge < -0.3 is 36.2 Å². The summed E-state index contributed by atoms with van der Waals surface area (Å²) in [6.45, 7) is 30.6. The molecule has 6 N–H and O–H groups in total. The van der Waals surface area contributed by atoms with E-state index in [2.05, 4.69) is 114 Å². The standard InChI is InChI=1S/C70H76N10O5/c1-13-41-33(5)49-27-53-37(9)45(67(77-53)47-25-61(81)65-39(11)55(79-69(47)65)31-59-43(15-3)35(7)51(75-59)29-57(41)73-49)17-19-63(83)71-21-23-85-24-22-72-64(84)20-18-46-38(10)54-28-50-34(6)42(14-2)58(74-50)30-52-36(8)44(16-4)60(76-52)32-56-40(12)66-62(82)26-48(68(46)78-54)70(66)80-56/h13-14,27-32,37-38,45-46,77-78,81-82H,1-2,15-26H2,3-12H3,(H,71,83)(H,72,84)/t37-,38-,45-,46-/m0/s1. The van der Waals surface area contributed by atoms with Crippen LogP contribution in [0.2, 0.25) is 0 Å². The second-order valence-electron chi connectivity index (χ2n) is 23.9. The number of aliphatic hydroxyl groups excluding tert-OH is 2. The summed E-state index contributed by atoms with van der Waals surface area (Å²) in [5.74, 6) is 0.308. The zero-order valence-electron chi connectivity index (χ0n) is 50.6. The number of carbonyl (C=O) groups excluding carboxylic acids is 2. The van der Waals surface area contributed by atoms with Crippen LogP contribution in [0.15, 0.2) is 238 Å². The van der Waals surface area contributed by atoms with Gasteiger partial charge in [0, 0.05) is 119 Å². The summed E-state index contributed by atoms with van der Waals surface area (Å²) >= 11 is 0. The van der Waals surface area contributed by atoms with Crippen LogP contribution in [0.3, 0.4) is 0 Å². The van der Waals surface area contributed by atoms with Crippen molar-refractivity contribution in [3.8, 4) is 0 Å². The number of fused-ring (bicyclic) bond motifs is 10. The van der Waals surface area contributed by atoms with Gasteiger partial charge in [0.1, 0.15) is 11.5 Å². The zero-order chi connectivity index (χ0) is 59.9. The molecule has 10 aliphatic heterocycles. The number of amides is 2. The molecule has 436 valence electrons.